The number of rotatable bonds is 5. The molecular weight excluding hydrogens is 218 g/mol. The van der Waals surface area contributed by atoms with Gasteiger partial charge in [0, 0.05) is 17.1 Å². The number of nitrogens with zero attached hydrogens (tertiary/aromatic N) is 1. The van der Waals surface area contributed by atoms with Crippen LogP contribution in [0.5, 0.6) is 0 Å². The van der Waals surface area contributed by atoms with Crippen molar-refractivity contribution in [1.29, 1.82) is 0 Å². The third-order valence-electron chi connectivity index (χ3n) is 2.58. The Balaban J connectivity index is 3.15. The molecule has 1 aromatic rings. The largest absolute Gasteiger partial charge is 0.312 e. The van der Waals surface area contributed by atoms with Crippen molar-refractivity contribution in [2.75, 3.05) is 4.90 Å². The molecule has 1 aromatic carbocycles. The zero-order valence-corrected chi connectivity index (χ0v) is 11.5. The van der Waals surface area contributed by atoms with Gasteiger partial charge in [0.1, 0.15) is 0 Å². The fourth-order valence-electron chi connectivity index (χ4n) is 1.74. The molecule has 0 spiro atoms. The van der Waals surface area contributed by atoms with Crippen LogP contribution in [0.3, 0.4) is 0 Å². The van der Waals surface area contributed by atoms with E-state index in [9.17, 15) is 0 Å². The number of aryl methyl sites for hydroxylation is 1. The van der Waals surface area contributed by atoms with Crippen molar-refractivity contribution in [1.82, 2.24) is 0 Å². The van der Waals surface area contributed by atoms with E-state index in [4.69, 9.17) is 0 Å². The Morgan fingerprint density at radius 1 is 0.944 bits per heavy atom. The van der Waals surface area contributed by atoms with Gasteiger partial charge in [0.15, 0.2) is 0 Å². The normalized spacial score (nSPS) is 11.1. The number of allylic oxidation sites excluding steroid dienone is 4. The Hall–Kier alpha value is -2.02. The molecule has 0 radical (unpaired) electrons. The van der Waals surface area contributed by atoms with Crippen molar-refractivity contribution < 1.29 is 0 Å². The van der Waals surface area contributed by atoms with Crippen molar-refractivity contribution in [3.63, 3.8) is 0 Å². The second-order valence-electron chi connectivity index (χ2n) is 4.15. The monoisotopic (exact) mass is 239 g/mol. The molecule has 0 bridgehead atoms. The smallest absolute Gasteiger partial charge is 0.0461 e. The molecule has 0 saturated carbocycles. The molecule has 1 heteroatoms. The molecule has 0 amide bonds. The van der Waals surface area contributed by atoms with Crippen LogP contribution in [0.4, 0.5) is 5.69 Å². The first-order valence-electron chi connectivity index (χ1n) is 6.10. The molecule has 0 aliphatic carbocycles. The van der Waals surface area contributed by atoms with Crippen molar-refractivity contribution in [3.8, 4) is 0 Å². The van der Waals surface area contributed by atoms with E-state index in [0.717, 1.165) is 17.1 Å². The number of anilines is 1. The van der Waals surface area contributed by atoms with Crippen LogP contribution < -0.4 is 4.90 Å². The lowest BCUT2D eigenvalue weighted by Crippen LogP contribution is -2.18. The van der Waals surface area contributed by atoms with Gasteiger partial charge >= 0.3 is 0 Å². The minimum atomic E-state index is 0.907. The summed E-state index contributed by atoms with van der Waals surface area (Å²) in [5, 5.41) is 0. The minimum Gasteiger partial charge on any atom is -0.312 e. The molecule has 0 saturated heterocycles. The predicted octanol–water partition coefficient (Wildman–Crippen LogP) is 4.98. The fourth-order valence-corrected chi connectivity index (χ4v) is 1.74. The van der Waals surface area contributed by atoms with Gasteiger partial charge in [-0.2, -0.15) is 0 Å². The minimum absolute atomic E-state index is 0.907. The van der Waals surface area contributed by atoms with Crippen LogP contribution >= 0.6 is 0 Å². The predicted molar refractivity (Wildman–Crippen MR) is 81.6 cm³/mol. The standard InChI is InChI=1S/C17H21N/c1-6-8-15(4)18(16(5)9-7-2)17-12-10-14(3)11-13-17/h6-13H,4-5H2,1-3H3/b8-6-,9-7-. The second kappa shape index (κ2) is 6.65. The van der Waals surface area contributed by atoms with Gasteiger partial charge in [0.2, 0.25) is 0 Å². The van der Waals surface area contributed by atoms with Gasteiger partial charge in [-0.25, -0.2) is 0 Å². The molecule has 0 N–H and O–H groups in total. The van der Waals surface area contributed by atoms with Gasteiger partial charge in [0.25, 0.3) is 0 Å². The molecule has 0 aromatic heterocycles. The van der Waals surface area contributed by atoms with E-state index in [2.05, 4.69) is 44.3 Å². The van der Waals surface area contributed by atoms with Crippen molar-refractivity contribution in [2.24, 2.45) is 0 Å². The van der Waals surface area contributed by atoms with Gasteiger partial charge in [-0.05, 0) is 45.1 Å². The highest BCUT2D eigenvalue weighted by Crippen LogP contribution is 2.24. The summed E-state index contributed by atoms with van der Waals surface area (Å²) in [5.74, 6) is 0. The molecule has 1 rings (SSSR count). The molecule has 0 heterocycles. The summed E-state index contributed by atoms with van der Waals surface area (Å²) in [6.45, 7) is 14.2. The van der Waals surface area contributed by atoms with E-state index in [0.29, 0.717) is 0 Å². The summed E-state index contributed by atoms with van der Waals surface area (Å²) in [4.78, 5) is 2.04. The lowest BCUT2D eigenvalue weighted by Gasteiger charge is -2.25. The highest BCUT2D eigenvalue weighted by molar-refractivity contribution is 5.61. The van der Waals surface area contributed by atoms with Crippen LogP contribution in [0.15, 0.2) is 73.1 Å². The molecule has 0 aliphatic rings. The van der Waals surface area contributed by atoms with Gasteiger partial charge in [-0.1, -0.05) is 43.0 Å². The molecule has 1 nitrogen and oxygen atoms in total. The van der Waals surface area contributed by atoms with E-state index in [-0.39, 0.29) is 0 Å². The molecule has 0 atom stereocenters. The number of hydrogen-bond donors (Lipinski definition) is 0. The lowest BCUT2D eigenvalue weighted by atomic mass is 10.2. The Labute approximate surface area is 110 Å². The maximum atomic E-state index is 4.09. The Kier molecular flexibility index (Phi) is 5.19. The first-order valence-corrected chi connectivity index (χ1v) is 6.10. The second-order valence-corrected chi connectivity index (χ2v) is 4.15. The first kappa shape index (κ1) is 14.0. The molecule has 0 aliphatic heterocycles. The zero-order chi connectivity index (χ0) is 13.5. The fraction of sp³-hybridized carbons (Fsp3) is 0.176. The Bertz CT molecular complexity index is 451. The zero-order valence-electron chi connectivity index (χ0n) is 11.5. The topological polar surface area (TPSA) is 3.24 Å². The SMILES string of the molecule is C=C(/C=C\C)N(C(=C)/C=C\C)c1ccc(C)cc1. The van der Waals surface area contributed by atoms with Crippen molar-refractivity contribution in [3.05, 3.63) is 78.7 Å². The third kappa shape index (κ3) is 3.49. The van der Waals surface area contributed by atoms with Crippen LogP contribution in [0.1, 0.15) is 19.4 Å². The average Bonchev–Trinajstić information content (AvgIpc) is 2.33. The summed E-state index contributed by atoms with van der Waals surface area (Å²) in [6, 6.07) is 8.35. The van der Waals surface area contributed by atoms with Crippen molar-refractivity contribution >= 4 is 5.69 Å². The van der Waals surface area contributed by atoms with E-state index in [1.807, 2.05) is 43.1 Å². The van der Waals surface area contributed by atoms with Crippen LogP contribution in [-0.4, -0.2) is 0 Å². The summed E-state index contributed by atoms with van der Waals surface area (Å²) in [6.07, 6.45) is 7.92. The highest BCUT2D eigenvalue weighted by atomic mass is 15.1. The number of hydrogen-bond acceptors (Lipinski definition) is 1. The van der Waals surface area contributed by atoms with Gasteiger partial charge in [-0.15, -0.1) is 0 Å². The lowest BCUT2D eigenvalue weighted by molar-refractivity contribution is 1.15. The summed E-state index contributed by atoms with van der Waals surface area (Å²) < 4.78 is 0. The van der Waals surface area contributed by atoms with E-state index >= 15 is 0 Å². The van der Waals surface area contributed by atoms with E-state index in [1.165, 1.54) is 5.56 Å². The van der Waals surface area contributed by atoms with Crippen molar-refractivity contribution in [2.45, 2.75) is 20.8 Å². The molecule has 0 fully saturated rings. The van der Waals surface area contributed by atoms with Gasteiger partial charge < -0.3 is 4.90 Å². The maximum Gasteiger partial charge on any atom is 0.0461 e. The van der Waals surface area contributed by atoms with E-state index in [1.54, 1.807) is 0 Å². The molecule has 18 heavy (non-hydrogen) atoms. The molecule has 94 valence electrons. The quantitative estimate of drug-likeness (QED) is 0.655. The number of benzene rings is 1. The molecular formula is C17H21N. The van der Waals surface area contributed by atoms with Gasteiger partial charge in [-0.3, -0.25) is 0 Å². The van der Waals surface area contributed by atoms with Crippen LogP contribution in [0.25, 0.3) is 0 Å². The van der Waals surface area contributed by atoms with Crippen LogP contribution in [0, 0.1) is 6.92 Å². The third-order valence-corrected chi connectivity index (χ3v) is 2.58. The average molecular weight is 239 g/mol. The summed E-state index contributed by atoms with van der Waals surface area (Å²) in [7, 11) is 0. The van der Waals surface area contributed by atoms with Crippen LogP contribution in [-0.2, 0) is 0 Å². The summed E-state index contributed by atoms with van der Waals surface area (Å²) >= 11 is 0. The Morgan fingerprint density at radius 3 is 1.78 bits per heavy atom. The van der Waals surface area contributed by atoms with Crippen LogP contribution in [0.2, 0.25) is 0 Å². The Morgan fingerprint density at radius 2 is 1.39 bits per heavy atom. The first-order chi connectivity index (χ1) is 8.60. The van der Waals surface area contributed by atoms with Gasteiger partial charge in [0.05, 0.1) is 0 Å². The highest BCUT2D eigenvalue weighted by Gasteiger charge is 2.09. The molecule has 0 unspecified atom stereocenters. The van der Waals surface area contributed by atoms with E-state index < -0.39 is 0 Å². The maximum absolute atomic E-state index is 4.09. The summed E-state index contributed by atoms with van der Waals surface area (Å²) in [5.41, 5.74) is 4.13.